The number of nitrogens with zero attached hydrogens (tertiary/aromatic N) is 2. The molecule has 2 aromatic rings. The second-order valence-electron chi connectivity index (χ2n) is 7.66. The van der Waals surface area contributed by atoms with Crippen LogP contribution in [0, 0.1) is 17.2 Å². The van der Waals surface area contributed by atoms with Gasteiger partial charge in [-0.15, -0.1) is 0 Å². The van der Waals surface area contributed by atoms with Gasteiger partial charge >= 0.3 is 5.97 Å². The molecule has 0 aromatic heterocycles. The number of carbonyl (C=O) groups is 1. The highest BCUT2D eigenvalue weighted by molar-refractivity contribution is 9.10. The Balaban J connectivity index is 1.86. The first-order valence-electron chi connectivity index (χ1n) is 10.6. The lowest BCUT2D eigenvalue weighted by Crippen LogP contribution is -2.37. The molecule has 166 valence electrons. The number of nitriles is 1. The SMILES string of the molecule is CCOc1cc(C(=S)N2CCC(C)CC2)cc(Br)c1OC(=O)/C(C#N)=C/c1ccccc1. The number of halogens is 1. The van der Waals surface area contributed by atoms with Crippen LogP contribution in [0.3, 0.4) is 0 Å². The van der Waals surface area contributed by atoms with E-state index in [0.717, 1.165) is 42.0 Å². The molecule has 7 heteroatoms. The van der Waals surface area contributed by atoms with Crippen LogP contribution in [0.1, 0.15) is 37.8 Å². The average Bonchev–Trinajstić information content (AvgIpc) is 2.80. The zero-order valence-corrected chi connectivity index (χ0v) is 20.5. The first kappa shape index (κ1) is 24.0. The molecule has 0 saturated carbocycles. The molecule has 0 atom stereocenters. The number of hydrogen-bond donors (Lipinski definition) is 0. The van der Waals surface area contributed by atoms with Crippen LogP contribution in [-0.2, 0) is 4.79 Å². The molecule has 0 N–H and O–H groups in total. The van der Waals surface area contributed by atoms with Crippen molar-refractivity contribution in [2.24, 2.45) is 5.92 Å². The Morgan fingerprint density at radius 3 is 2.59 bits per heavy atom. The van der Waals surface area contributed by atoms with E-state index in [-0.39, 0.29) is 11.3 Å². The smallest absolute Gasteiger partial charge is 0.354 e. The number of ether oxygens (including phenoxy) is 2. The molecule has 3 rings (SSSR count). The van der Waals surface area contributed by atoms with Gasteiger partial charge in [-0.1, -0.05) is 49.5 Å². The maximum Gasteiger partial charge on any atom is 0.354 e. The van der Waals surface area contributed by atoms with Gasteiger partial charge in [-0.3, -0.25) is 0 Å². The van der Waals surface area contributed by atoms with Gasteiger partial charge in [0.05, 0.1) is 11.1 Å². The molecule has 5 nitrogen and oxygen atoms in total. The summed E-state index contributed by atoms with van der Waals surface area (Å²) >= 11 is 9.23. The van der Waals surface area contributed by atoms with Crippen molar-refractivity contribution >= 4 is 45.2 Å². The molecule has 1 aliphatic heterocycles. The summed E-state index contributed by atoms with van der Waals surface area (Å²) in [6, 6.07) is 14.7. The maximum absolute atomic E-state index is 12.7. The van der Waals surface area contributed by atoms with Crippen LogP contribution in [0.4, 0.5) is 0 Å². The van der Waals surface area contributed by atoms with Gasteiger partial charge in [0.2, 0.25) is 0 Å². The minimum Gasteiger partial charge on any atom is -0.490 e. The first-order valence-corrected chi connectivity index (χ1v) is 11.8. The Bertz CT molecular complexity index is 1050. The maximum atomic E-state index is 12.7. The molecule has 0 unspecified atom stereocenters. The van der Waals surface area contributed by atoms with Crippen molar-refractivity contribution in [2.45, 2.75) is 26.7 Å². The third-order valence-electron chi connectivity index (χ3n) is 5.27. The van der Waals surface area contributed by atoms with Crippen LogP contribution in [0.25, 0.3) is 6.08 Å². The molecule has 0 bridgehead atoms. The quantitative estimate of drug-likeness (QED) is 0.161. The van der Waals surface area contributed by atoms with E-state index in [2.05, 4.69) is 27.8 Å². The number of thiocarbonyl (C=S) groups is 1. The van der Waals surface area contributed by atoms with Gasteiger partial charge in [0, 0.05) is 18.7 Å². The van der Waals surface area contributed by atoms with Gasteiger partial charge < -0.3 is 14.4 Å². The first-order chi connectivity index (χ1) is 15.4. The lowest BCUT2D eigenvalue weighted by molar-refractivity contribution is -0.129. The zero-order chi connectivity index (χ0) is 23.1. The number of esters is 1. The Hall–Kier alpha value is -2.69. The highest BCUT2D eigenvalue weighted by Crippen LogP contribution is 2.38. The standard InChI is InChI=1S/C25H25BrN2O3S/c1-3-30-22-15-19(24(32)28-11-9-17(2)10-12-28)14-21(26)23(22)31-25(29)20(16-27)13-18-7-5-4-6-8-18/h4-8,13-15,17H,3,9-12H2,1-2H3/b20-13+. The summed E-state index contributed by atoms with van der Waals surface area (Å²) in [5.41, 5.74) is 1.46. The van der Waals surface area contributed by atoms with E-state index in [9.17, 15) is 10.1 Å². The molecule has 1 heterocycles. The molecular formula is C25H25BrN2O3S. The largest absolute Gasteiger partial charge is 0.490 e. The van der Waals surface area contributed by atoms with Gasteiger partial charge in [-0.2, -0.15) is 5.26 Å². The number of rotatable bonds is 6. The van der Waals surface area contributed by atoms with Crippen molar-refractivity contribution in [3.63, 3.8) is 0 Å². The molecule has 2 aromatic carbocycles. The highest BCUT2D eigenvalue weighted by atomic mass is 79.9. The van der Waals surface area contributed by atoms with Crippen LogP contribution in [-0.4, -0.2) is 35.6 Å². The second-order valence-corrected chi connectivity index (χ2v) is 8.90. The summed E-state index contributed by atoms with van der Waals surface area (Å²) in [4.78, 5) is 15.7. The summed E-state index contributed by atoms with van der Waals surface area (Å²) in [6.07, 6.45) is 3.72. The Morgan fingerprint density at radius 1 is 1.28 bits per heavy atom. The summed E-state index contributed by atoms with van der Waals surface area (Å²) in [5.74, 6) is 0.581. The molecule has 1 aliphatic rings. The molecule has 1 fully saturated rings. The molecular weight excluding hydrogens is 488 g/mol. The van der Waals surface area contributed by atoms with Crippen molar-refractivity contribution in [1.82, 2.24) is 4.90 Å². The van der Waals surface area contributed by atoms with Crippen molar-refractivity contribution in [1.29, 1.82) is 5.26 Å². The van der Waals surface area contributed by atoms with Crippen LogP contribution in [0.2, 0.25) is 0 Å². The van der Waals surface area contributed by atoms with Gasteiger partial charge in [0.15, 0.2) is 11.5 Å². The van der Waals surface area contributed by atoms with Gasteiger partial charge in [-0.05, 0) is 65.4 Å². The van der Waals surface area contributed by atoms with Crippen molar-refractivity contribution in [3.05, 3.63) is 63.6 Å². The van der Waals surface area contributed by atoms with Crippen LogP contribution in [0.15, 0.2) is 52.5 Å². The number of piperidine rings is 1. The molecule has 1 saturated heterocycles. The number of benzene rings is 2. The van der Waals surface area contributed by atoms with E-state index < -0.39 is 5.97 Å². The van der Waals surface area contributed by atoms with Crippen LogP contribution < -0.4 is 9.47 Å². The van der Waals surface area contributed by atoms with Gasteiger partial charge in [0.25, 0.3) is 0 Å². The lowest BCUT2D eigenvalue weighted by Gasteiger charge is -2.32. The second kappa shape index (κ2) is 11.3. The minimum atomic E-state index is -0.752. The van der Waals surface area contributed by atoms with Crippen LogP contribution >= 0.6 is 28.1 Å². The van der Waals surface area contributed by atoms with E-state index >= 15 is 0 Å². The zero-order valence-electron chi connectivity index (χ0n) is 18.1. The van der Waals surface area contributed by atoms with Crippen molar-refractivity contribution < 1.29 is 14.3 Å². The number of carbonyl (C=O) groups excluding carboxylic acids is 1. The van der Waals surface area contributed by atoms with Crippen molar-refractivity contribution in [2.75, 3.05) is 19.7 Å². The Morgan fingerprint density at radius 2 is 1.97 bits per heavy atom. The normalized spacial score (nSPS) is 14.6. The average molecular weight is 513 g/mol. The minimum absolute atomic E-state index is 0.104. The molecule has 0 radical (unpaired) electrons. The van der Waals surface area contributed by atoms with Gasteiger partial charge in [0.1, 0.15) is 16.6 Å². The van der Waals surface area contributed by atoms with Crippen LogP contribution in [0.5, 0.6) is 11.5 Å². The topological polar surface area (TPSA) is 62.6 Å². The van der Waals surface area contributed by atoms with E-state index in [0.29, 0.717) is 22.7 Å². The fourth-order valence-corrected chi connectivity index (χ4v) is 4.27. The summed E-state index contributed by atoms with van der Waals surface area (Å²) in [5, 5.41) is 9.47. The fourth-order valence-electron chi connectivity index (χ4n) is 3.45. The van der Waals surface area contributed by atoms with E-state index in [1.54, 1.807) is 6.07 Å². The molecule has 0 aliphatic carbocycles. The summed E-state index contributed by atoms with van der Waals surface area (Å²) in [6.45, 7) is 6.35. The molecule has 32 heavy (non-hydrogen) atoms. The predicted molar refractivity (Wildman–Crippen MR) is 133 cm³/mol. The number of hydrogen-bond acceptors (Lipinski definition) is 5. The van der Waals surface area contributed by atoms with E-state index in [4.69, 9.17) is 21.7 Å². The third kappa shape index (κ3) is 5.96. The highest BCUT2D eigenvalue weighted by Gasteiger charge is 2.23. The Kier molecular flexibility index (Phi) is 8.43. The third-order valence-corrected chi connectivity index (χ3v) is 6.36. The van der Waals surface area contributed by atoms with Crippen molar-refractivity contribution in [3.8, 4) is 17.6 Å². The summed E-state index contributed by atoms with van der Waals surface area (Å²) < 4.78 is 11.9. The Labute approximate surface area is 202 Å². The lowest BCUT2D eigenvalue weighted by atomic mass is 9.99. The van der Waals surface area contributed by atoms with Gasteiger partial charge in [-0.25, -0.2) is 4.79 Å². The number of likely N-dealkylation sites (tertiary alicyclic amines) is 1. The molecule has 0 amide bonds. The summed E-state index contributed by atoms with van der Waals surface area (Å²) in [7, 11) is 0. The fraction of sp³-hybridized carbons (Fsp3) is 0.320. The monoisotopic (exact) mass is 512 g/mol. The molecule has 0 spiro atoms. The van der Waals surface area contributed by atoms with E-state index in [1.807, 2.05) is 49.4 Å². The van der Waals surface area contributed by atoms with E-state index in [1.165, 1.54) is 6.08 Å². The predicted octanol–water partition coefficient (Wildman–Crippen LogP) is 5.77.